The minimum atomic E-state index is 0.0364. The van der Waals surface area contributed by atoms with Gasteiger partial charge in [0.15, 0.2) is 0 Å². The van der Waals surface area contributed by atoms with Gasteiger partial charge in [-0.15, -0.1) is 0 Å². The van der Waals surface area contributed by atoms with E-state index in [1.807, 2.05) is 19.1 Å². The van der Waals surface area contributed by atoms with Gasteiger partial charge in [-0.1, -0.05) is 17.7 Å². The Kier molecular flexibility index (Phi) is 2.05. The highest BCUT2D eigenvalue weighted by Crippen LogP contribution is 2.27. The average Bonchev–Trinajstić information content (AvgIpc) is 2.16. The van der Waals surface area contributed by atoms with E-state index in [4.69, 9.17) is 4.74 Å². The lowest BCUT2D eigenvalue weighted by molar-refractivity contribution is -0.112. The van der Waals surface area contributed by atoms with Gasteiger partial charge in [-0.3, -0.25) is 0 Å². The lowest BCUT2D eigenvalue weighted by Gasteiger charge is -2.21. The molecule has 1 aromatic rings. The van der Waals surface area contributed by atoms with Crippen LogP contribution >= 0.6 is 0 Å². The second kappa shape index (κ2) is 3.21. The van der Waals surface area contributed by atoms with Gasteiger partial charge < -0.3 is 9.53 Å². The fraction of sp³-hybridized carbons (Fsp3) is 0.364. The van der Waals surface area contributed by atoms with E-state index < -0.39 is 0 Å². The molecule has 0 N–H and O–H groups in total. The number of carbonyl (C=O) groups excluding carboxylic acids is 1. The highest BCUT2D eigenvalue weighted by Gasteiger charge is 2.18. The highest BCUT2D eigenvalue weighted by atomic mass is 16.5. The highest BCUT2D eigenvalue weighted by molar-refractivity contribution is 5.56. The van der Waals surface area contributed by atoms with Crippen LogP contribution in [-0.4, -0.2) is 12.9 Å². The van der Waals surface area contributed by atoms with Crippen molar-refractivity contribution in [3.63, 3.8) is 0 Å². The molecule has 0 bridgehead atoms. The van der Waals surface area contributed by atoms with E-state index in [1.165, 1.54) is 5.56 Å². The standard InChI is InChI=1S/C11H12O2/c1-8-2-3-11-10(4-8)5-9(6-12)7-13-11/h2-4,6,9H,5,7H2,1H3. The van der Waals surface area contributed by atoms with Gasteiger partial charge in [0.25, 0.3) is 0 Å². The molecule has 1 heterocycles. The number of hydrogen-bond acceptors (Lipinski definition) is 2. The Bertz CT molecular complexity index is 331. The first kappa shape index (κ1) is 8.30. The summed E-state index contributed by atoms with van der Waals surface area (Å²) in [6.45, 7) is 2.57. The quantitative estimate of drug-likeness (QED) is 0.609. The third-order valence-electron chi connectivity index (χ3n) is 2.34. The fourth-order valence-corrected chi connectivity index (χ4v) is 1.63. The maximum atomic E-state index is 10.6. The molecule has 0 saturated heterocycles. The first-order chi connectivity index (χ1) is 6.29. The van der Waals surface area contributed by atoms with Gasteiger partial charge in [-0.05, 0) is 25.0 Å². The molecule has 2 heteroatoms. The van der Waals surface area contributed by atoms with Crippen LogP contribution in [-0.2, 0) is 11.2 Å². The largest absolute Gasteiger partial charge is 0.493 e. The lowest BCUT2D eigenvalue weighted by atomic mass is 9.97. The molecular weight excluding hydrogens is 164 g/mol. The van der Waals surface area contributed by atoms with Crippen LogP contribution in [0.2, 0.25) is 0 Å². The molecule has 1 unspecified atom stereocenters. The van der Waals surface area contributed by atoms with Crippen molar-refractivity contribution >= 4 is 6.29 Å². The summed E-state index contributed by atoms with van der Waals surface area (Å²) in [5, 5.41) is 0. The van der Waals surface area contributed by atoms with Crippen molar-refractivity contribution in [3.05, 3.63) is 29.3 Å². The first-order valence-electron chi connectivity index (χ1n) is 4.47. The number of benzene rings is 1. The van der Waals surface area contributed by atoms with Gasteiger partial charge in [-0.25, -0.2) is 0 Å². The van der Waals surface area contributed by atoms with Gasteiger partial charge >= 0.3 is 0 Å². The van der Waals surface area contributed by atoms with Gasteiger partial charge in [0.05, 0.1) is 12.5 Å². The summed E-state index contributed by atoms with van der Waals surface area (Å²) < 4.78 is 5.45. The third-order valence-corrected chi connectivity index (χ3v) is 2.34. The molecule has 1 atom stereocenters. The van der Waals surface area contributed by atoms with Gasteiger partial charge in [0.1, 0.15) is 12.0 Å². The maximum Gasteiger partial charge on any atom is 0.126 e. The normalized spacial score (nSPS) is 20.2. The first-order valence-corrected chi connectivity index (χ1v) is 4.47. The van der Waals surface area contributed by atoms with Crippen molar-refractivity contribution in [2.45, 2.75) is 13.3 Å². The maximum absolute atomic E-state index is 10.6. The molecular formula is C11H12O2. The van der Waals surface area contributed by atoms with Crippen molar-refractivity contribution in [1.29, 1.82) is 0 Å². The summed E-state index contributed by atoms with van der Waals surface area (Å²) in [6, 6.07) is 6.09. The SMILES string of the molecule is Cc1ccc2c(c1)CC(C=O)CO2. The number of hydrogen-bond donors (Lipinski definition) is 0. The Morgan fingerprint density at radius 2 is 2.38 bits per heavy atom. The van der Waals surface area contributed by atoms with Crippen LogP contribution in [0.1, 0.15) is 11.1 Å². The predicted octanol–water partition coefficient (Wildman–Crippen LogP) is 1.75. The van der Waals surface area contributed by atoms with E-state index in [9.17, 15) is 4.79 Å². The molecule has 2 rings (SSSR count). The van der Waals surface area contributed by atoms with Crippen molar-refractivity contribution in [1.82, 2.24) is 0 Å². The number of aryl methyl sites for hydroxylation is 1. The summed E-state index contributed by atoms with van der Waals surface area (Å²) in [5.74, 6) is 0.970. The molecule has 1 aliphatic heterocycles. The smallest absolute Gasteiger partial charge is 0.126 e. The number of ether oxygens (including phenoxy) is 1. The van der Waals surface area contributed by atoms with Crippen molar-refractivity contribution < 1.29 is 9.53 Å². The summed E-state index contributed by atoms with van der Waals surface area (Å²) in [4.78, 5) is 10.6. The third kappa shape index (κ3) is 1.57. The van der Waals surface area contributed by atoms with Crippen LogP contribution < -0.4 is 4.74 Å². The minimum Gasteiger partial charge on any atom is -0.493 e. The number of fused-ring (bicyclic) bond motifs is 1. The molecule has 0 radical (unpaired) electrons. The van der Waals surface area contributed by atoms with Crippen LogP contribution in [0, 0.1) is 12.8 Å². The van der Waals surface area contributed by atoms with Crippen LogP contribution in [0.4, 0.5) is 0 Å². The Morgan fingerprint density at radius 3 is 3.15 bits per heavy atom. The Hall–Kier alpha value is -1.31. The molecule has 0 spiro atoms. The van der Waals surface area contributed by atoms with Gasteiger partial charge in [0, 0.05) is 0 Å². The molecule has 13 heavy (non-hydrogen) atoms. The molecule has 68 valence electrons. The summed E-state index contributed by atoms with van der Waals surface area (Å²) in [5.41, 5.74) is 2.37. The van der Waals surface area contributed by atoms with Crippen molar-refractivity contribution in [2.24, 2.45) is 5.92 Å². The predicted molar refractivity (Wildman–Crippen MR) is 49.9 cm³/mol. The fourth-order valence-electron chi connectivity index (χ4n) is 1.63. The summed E-state index contributed by atoms with van der Waals surface area (Å²) in [7, 11) is 0. The molecule has 0 aromatic heterocycles. The summed E-state index contributed by atoms with van der Waals surface area (Å²) in [6.07, 6.45) is 1.80. The molecule has 0 fully saturated rings. The zero-order chi connectivity index (χ0) is 9.26. The zero-order valence-electron chi connectivity index (χ0n) is 7.62. The number of carbonyl (C=O) groups is 1. The molecule has 1 aliphatic rings. The topological polar surface area (TPSA) is 26.3 Å². The monoisotopic (exact) mass is 176 g/mol. The van der Waals surface area contributed by atoms with E-state index in [-0.39, 0.29) is 5.92 Å². The Labute approximate surface area is 77.5 Å². The second-order valence-corrected chi connectivity index (χ2v) is 3.52. The summed E-state index contributed by atoms with van der Waals surface area (Å²) >= 11 is 0. The molecule has 0 amide bonds. The average molecular weight is 176 g/mol. The minimum absolute atomic E-state index is 0.0364. The Morgan fingerprint density at radius 1 is 1.54 bits per heavy atom. The lowest BCUT2D eigenvalue weighted by Crippen LogP contribution is -2.21. The van der Waals surface area contributed by atoms with E-state index >= 15 is 0 Å². The van der Waals surface area contributed by atoms with Crippen LogP contribution in [0.15, 0.2) is 18.2 Å². The van der Waals surface area contributed by atoms with E-state index in [0.29, 0.717) is 6.61 Å². The van der Waals surface area contributed by atoms with Crippen LogP contribution in [0.3, 0.4) is 0 Å². The van der Waals surface area contributed by atoms with Crippen LogP contribution in [0.5, 0.6) is 5.75 Å². The number of aldehydes is 1. The van der Waals surface area contributed by atoms with E-state index in [2.05, 4.69) is 6.07 Å². The van der Waals surface area contributed by atoms with Crippen molar-refractivity contribution in [2.75, 3.05) is 6.61 Å². The molecule has 2 nitrogen and oxygen atoms in total. The zero-order valence-corrected chi connectivity index (χ0v) is 7.62. The molecule has 0 saturated carbocycles. The van der Waals surface area contributed by atoms with Gasteiger partial charge in [-0.2, -0.15) is 0 Å². The number of rotatable bonds is 1. The Balaban J connectivity index is 2.32. The van der Waals surface area contributed by atoms with Crippen molar-refractivity contribution in [3.8, 4) is 5.75 Å². The molecule has 1 aromatic carbocycles. The van der Waals surface area contributed by atoms with E-state index in [0.717, 1.165) is 24.0 Å². The van der Waals surface area contributed by atoms with E-state index in [1.54, 1.807) is 0 Å². The molecule has 0 aliphatic carbocycles. The second-order valence-electron chi connectivity index (χ2n) is 3.52. The van der Waals surface area contributed by atoms with Crippen LogP contribution in [0.25, 0.3) is 0 Å². The van der Waals surface area contributed by atoms with Gasteiger partial charge in [0.2, 0.25) is 0 Å².